The maximum Gasteiger partial charge on any atom is 0.270 e. The predicted molar refractivity (Wildman–Crippen MR) is 149 cm³/mol. The molecule has 6 rings (SSSR count). The summed E-state index contributed by atoms with van der Waals surface area (Å²) in [5.74, 6) is 1.17. The number of fused-ring (bicyclic) bond motifs is 1. The van der Waals surface area contributed by atoms with E-state index in [9.17, 15) is 4.79 Å². The van der Waals surface area contributed by atoms with E-state index in [0.29, 0.717) is 35.4 Å². The summed E-state index contributed by atoms with van der Waals surface area (Å²) in [6.07, 6.45) is 6.90. The first-order valence-corrected chi connectivity index (χ1v) is 12.8. The van der Waals surface area contributed by atoms with Crippen molar-refractivity contribution in [1.29, 1.82) is 0 Å². The molecule has 5 heterocycles. The van der Waals surface area contributed by atoms with E-state index in [1.165, 1.54) is 0 Å². The number of anilines is 2. The molecule has 0 atom stereocenters. The molecule has 0 unspecified atom stereocenters. The van der Waals surface area contributed by atoms with Crippen LogP contribution in [-0.2, 0) is 6.61 Å². The molecule has 0 radical (unpaired) electrons. The molecule has 2 N–H and O–H groups in total. The Balaban J connectivity index is 1.16. The largest absolute Gasteiger partial charge is 0.489 e. The lowest BCUT2D eigenvalue weighted by Crippen LogP contribution is -2.47. The van der Waals surface area contributed by atoms with Crippen molar-refractivity contribution in [1.82, 2.24) is 34.7 Å². The highest BCUT2D eigenvalue weighted by Gasteiger charge is 2.21. The highest BCUT2D eigenvalue weighted by atomic mass is 16.5. The predicted octanol–water partition coefficient (Wildman–Crippen LogP) is 4.13. The zero-order chi connectivity index (χ0) is 26.6. The molecule has 10 nitrogen and oxygen atoms in total. The fraction of sp³-hybridized carbons (Fsp3) is 0.207. The van der Waals surface area contributed by atoms with Crippen molar-refractivity contribution in [3.63, 3.8) is 0 Å². The minimum atomic E-state index is 0.0315. The van der Waals surface area contributed by atoms with E-state index in [0.717, 1.165) is 48.3 Å². The number of ether oxygens (including phenoxy) is 1. The first kappa shape index (κ1) is 24.5. The molecule has 1 fully saturated rings. The van der Waals surface area contributed by atoms with E-state index in [1.807, 2.05) is 59.5 Å². The molecule has 0 spiro atoms. The molecule has 1 saturated heterocycles. The summed E-state index contributed by atoms with van der Waals surface area (Å²) >= 11 is 0. The third-order valence-electron chi connectivity index (χ3n) is 6.68. The van der Waals surface area contributed by atoms with Crippen molar-refractivity contribution in [3.05, 3.63) is 90.6 Å². The standard InChI is InChI=1S/C29H28N8O2/c1-36-11-13-37(14-12-36)28(38)27-16-21-15-22(4-5-24(21)34-27)33-29-32-10-7-25(35-29)26-17-23(6-9-31-26)39-19-20-3-2-8-30-18-20/h2-10,15-18,34H,11-14,19H2,1H3,(H,32,33,35). The molecule has 0 aliphatic carbocycles. The van der Waals surface area contributed by atoms with E-state index in [1.54, 1.807) is 24.8 Å². The molecule has 1 aromatic carbocycles. The topological polar surface area (TPSA) is 112 Å². The van der Waals surface area contributed by atoms with Gasteiger partial charge in [-0.25, -0.2) is 9.97 Å². The number of H-pyrrole nitrogens is 1. The summed E-state index contributed by atoms with van der Waals surface area (Å²) in [5.41, 5.74) is 4.65. The van der Waals surface area contributed by atoms with Crippen LogP contribution < -0.4 is 10.1 Å². The average Bonchev–Trinajstić information content (AvgIpc) is 3.41. The Kier molecular flexibility index (Phi) is 6.84. The molecule has 196 valence electrons. The quantitative estimate of drug-likeness (QED) is 0.330. The summed E-state index contributed by atoms with van der Waals surface area (Å²) < 4.78 is 5.91. The second kappa shape index (κ2) is 10.9. The van der Waals surface area contributed by atoms with E-state index >= 15 is 0 Å². The van der Waals surface area contributed by atoms with Crippen LogP contribution in [0.3, 0.4) is 0 Å². The van der Waals surface area contributed by atoms with Crippen LogP contribution >= 0.6 is 0 Å². The van der Waals surface area contributed by atoms with Crippen LogP contribution in [0.15, 0.2) is 79.4 Å². The summed E-state index contributed by atoms with van der Waals surface area (Å²) in [7, 11) is 2.08. The van der Waals surface area contributed by atoms with Crippen molar-refractivity contribution < 1.29 is 9.53 Å². The molecule has 0 saturated carbocycles. The van der Waals surface area contributed by atoms with E-state index in [2.05, 4.69) is 42.2 Å². The Morgan fingerprint density at radius 3 is 2.69 bits per heavy atom. The number of carbonyl (C=O) groups is 1. The maximum absolute atomic E-state index is 13.0. The van der Waals surface area contributed by atoms with Crippen molar-refractivity contribution in [2.24, 2.45) is 0 Å². The van der Waals surface area contributed by atoms with Gasteiger partial charge in [-0.05, 0) is 49.5 Å². The van der Waals surface area contributed by atoms with Gasteiger partial charge in [0.05, 0.1) is 11.4 Å². The van der Waals surface area contributed by atoms with Gasteiger partial charge in [0.25, 0.3) is 5.91 Å². The summed E-state index contributed by atoms with van der Waals surface area (Å²) in [4.78, 5) is 38.0. The number of likely N-dealkylation sites (N-methyl/N-ethyl adjacent to an activating group) is 1. The highest BCUT2D eigenvalue weighted by Crippen LogP contribution is 2.25. The number of amides is 1. The smallest absolute Gasteiger partial charge is 0.270 e. The van der Waals surface area contributed by atoms with Gasteiger partial charge < -0.3 is 24.8 Å². The third kappa shape index (κ3) is 5.70. The Labute approximate surface area is 225 Å². The molecule has 0 bridgehead atoms. The monoisotopic (exact) mass is 520 g/mol. The van der Waals surface area contributed by atoms with Crippen LogP contribution in [0.4, 0.5) is 11.6 Å². The number of benzene rings is 1. The number of rotatable bonds is 7. The Bertz CT molecular complexity index is 1600. The van der Waals surface area contributed by atoms with Gasteiger partial charge in [-0.1, -0.05) is 6.07 Å². The van der Waals surface area contributed by atoms with Gasteiger partial charge in [0, 0.05) is 79.2 Å². The summed E-state index contributed by atoms with van der Waals surface area (Å²) in [6.45, 7) is 3.66. The van der Waals surface area contributed by atoms with Gasteiger partial charge >= 0.3 is 0 Å². The fourth-order valence-corrected chi connectivity index (χ4v) is 4.49. The number of aromatic nitrogens is 5. The molecule has 39 heavy (non-hydrogen) atoms. The normalized spacial score (nSPS) is 13.9. The van der Waals surface area contributed by atoms with Crippen LogP contribution in [0.25, 0.3) is 22.3 Å². The molecular formula is C29H28N8O2. The molecular weight excluding hydrogens is 492 g/mol. The van der Waals surface area contributed by atoms with E-state index in [-0.39, 0.29) is 5.91 Å². The lowest BCUT2D eigenvalue weighted by molar-refractivity contribution is 0.0659. The van der Waals surface area contributed by atoms with Gasteiger partial charge in [-0.2, -0.15) is 0 Å². The minimum absolute atomic E-state index is 0.0315. The average molecular weight is 521 g/mol. The van der Waals surface area contributed by atoms with Crippen LogP contribution in [0, 0.1) is 0 Å². The second-order valence-electron chi connectivity index (χ2n) is 9.50. The van der Waals surface area contributed by atoms with Crippen molar-refractivity contribution in [3.8, 4) is 17.1 Å². The van der Waals surface area contributed by atoms with Crippen LogP contribution in [-0.4, -0.2) is 73.9 Å². The lowest BCUT2D eigenvalue weighted by Gasteiger charge is -2.32. The number of pyridine rings is 2. The maximum atomic E-state index is 13.0. The van der Waals surface area contributed by atoms with Crippen LogP contribution in [0.2, 0.25) is 0 Å². The van der Waals surface area contributed by atoms with Crippen LogP contribution in [0.5, 0.6) is 5.75 Å². The zero-order valence-corrected chi connectivity index (χ0v) is 21.5. The number of nitrogens with zero attached hydrogens (tertiary/aromatic N) is 6. The first-order valence-electron chi connectivity index (χ1n) is 12.8. The number of nitrogens with one attached hydrogen (secondary N) is 2. The van der Waals surface area contributed by atoms with E-state index in [4.69, 9.17) is 4.74 Å². The van der Waals surface area contributed by atoms with Crippen molar-refractivity contribution >= 4 is 28.4 Å². The van der Waals surface area contributed by atoms with Gasteiger partial charge in [0.15, 0.2) is 0 Å². The highest BCUT2D eigenvalue weighted by molar-refractivity contribution is 5.98. The third-order valence-corrected chi connectivity index (χ3v) is 6.68. The number of hydrogen-bond acceptors (Lipinski definition) is 8. The number of aromatic amines is 1. The summed E-state index contributed by atoms with van der Waals surface area (Å²) in [6, 6.07) is 17.1. The van der Waals surface area contributed by atoms with Gasteiger partial charge in [0.2, 0.25) is 5.95 Å². The van der Waals surface area contributed by atoms with Gasteiger partial charge in [-0.15, -0.1) is 0 Å². The van der Waals surface area contributed by atoms with Gasteiger partial charge in [0.1, 0.15) is 18.1 Å². The van der Waals surface area contributed by atoms with Crippen molar-refractivity contribution in [2.75, 3.05) is 38.5 Å². The molecule has 5 aromatic rings. The number of carbonyl (C=O) groups excluding carboxylic acids is 1. The minimum Gasteiger partial charge on any atom is -0.489 e. The molecule has 4 aromatic heterocycles. The van der Waals surface area contributed by atoms with E-state index < -0.39 is 0 Å². The fourth-order valence-electron chi connectivity index (χ4n) is 4.49. The molecule has 1 amide bonds. The lowest BCUT2D eigenvalue weighted by atomic mass is 10.2. The molecule has 10 heteroatoms. The Morgan fingerprint density at radius 2 is 1.85 bits per heavy atom. The number of piperazine rings is 1. The zero-order valence-electron chi connectivity index (χ0n) is 21.5. The first-order chi connectivity index (χ1) is 19.1. The number of hydrogen-bond donors (Lipinski definition) is 2. The Morgan fingerprint density at radius 1 is 0.974 bits per heavy atom. The molecule has 1 aliphatic heterocycles. The van der Waals surface area contributed by atoms with Gasteiger partial charge in [-0.3, -0.25) is 14.8 Å². The van der Waals surface area contributed by atoms with Crippen LogP contribution in [0.1, 0.15) is 16.1 Å². The Hall–Kier alpha value is -4.83. The molecule has 1 aliphatic rings. The van der Waals surface area contributed by atoms with Crippen molar-refractivity contribution in [2.45, 2.75) is 6.61 Å². The SMILES string of the molecule is CN1CCN(C(=O)c2cc3cc(Nc4nccc(-c5cc(OCc6cccnc6)ccn5)n4)ccc3[nH]2)CC1. The second-order valence-corrected chi connectivity index (χ2v) is 9.50. The summed E-state index contributed by atoms with van der Waals surface area (Å²) in [5, 5.41) is 4.21.